The first-order valence-corrected chi connectivity index (χ1v) is 22.7. The highest BCUT2D eigenvalue weighted by Gasteiger charge is 2.49. The van der Waals surface area contributed by atoms with Gasteiger partial charge in [-0.3, -0.25) is 0 Å². The maximum Gasteiger partial charge on any atom is 0.187 e. The highest BCUT2D eigenvalue weighted by Crippen LogP contribution is 2.62. The second-order valence-corrected chi connectivity index (χ2v) is 17.3. The molecule has 0 aliphatic heterocycles. The Morgan fingerprint density at radius 2 is 0.746 bits per heavy atom. The molecular formula is C64H41N3. The molecule has 0 heterocycles. The molecule has 0 saturated heterocycles. The smallest absolute Gasteiger partial charge is 0.187 e. The molecule has 312 valence electrons. The third-order valence-electron chi connectivity index (χ3n) is 14.1. The number of para-hydroxylation sites is 1. The van der Waals surface area contributed by atoms with Gasteiger partial charge in [-0.2, -0.15) is 0 Å². The summed E-state index contributed by atoms with van der Waals surface area (Å²) >= 11 is 0. The highest BCUT2D eigenvalue weighted by molar-refractivity contribution is 6.00. The molecule has 0 bridgehead atoms. The third-order valence-corrected chi connectivity index (χ3v) is 14.1. The molecule has 0 aromatic heterocycles. The largest absolute Gasteiger partial charge is 0.309 e. The van der Waals surface area contributed by atoms with Gasteiger partial charge >= 0.3 is 0 Å². The summed E-state index contributed by atoms with van der Waals surface area (Å²) < 4.78 is 0. The van der Waals surface area contributed by atoms with Crippen molar-refractivity contribution < 1.29 is 0 Å². The van der Waals surface area contributed by atoms with Crippen molar-refractivity contribution in [2.45, 2.75) is 10.8 Å². The van der Waals surface area contributed by atoms with Crippen molar-refractivity contribution in [2.75, 3.05) is 4.90 Å². The van der Waals surface area contributed by atoms with Crippen molar-refractivity contribution in [1.82, 2.24) is 0 Å². The van der Waals surface area contributed by atoms with Crippen LogP contribution in [0.1, 0.15) is 44.5 Å². The number of benzene rings is 10. The molecule has 0 atom stereocenters. The first kappa shape index (κ1) is 39.6. The van der Waals surface area contributed by atoms with Crippen molar-refractivity contribution >= 4 is 28.4 Å². The van der Waals surface area contributed by atoms with E-state index in [-0.39, 0.29) is 0 Å². The average molecular weight is 852 g/mol. The van der Waals surface area contributed by atoms with Gasteiger partial charge in [0.15, 0.2) is 11.4 Å². The molecule has 10 aromatic rings. The van der Waals surface area contributed by atoms with Gasteiger partial charge in [0.05, 0.1) is 35.3 Å². The zero-order valence-corrected chi connectivity index (χ0v) is 36.5. The molecule has 0 saturated carbocycles. The number of hydrogen-bond acceptors (Lipinski definition) is 1. The molecule has 0 radical (unpaired) electrons. The normalized spacial score (nSPS) is 13.3. The zero-order chi connectivity index (χ0) is 45.0. The van der Waals surface area contributed by atoms with E-state index >= 15 is 0 Å². The van der Waals surface area contributed by atoms with Crippen LogP contribution in [-0.2, 0) is 10.8 Å². The predicted molar refractivity (Wildman–Crippen MR) is 274 cm³/mol. The molecule has 0 N–H and O–H groups in total. The van der Waals surface area contributed by atoms with Crippen LogP contribution < -0.4 is 4.90 Å². The summed E-state index contributed by atoms with van der Waals surface area (Å²) in [6, 6.07) is 89.2. The fourth-order valence-electron chi connectivity index (χ4n) is 11.4. The Morgan fingerprint density at radius 3 is 1.34 bits per heavy atom. The fourth-order valence-corrected chi connectivity index (χ4v) is 11.4. The minimum Gasteiger partial charge on any atom is -0.309 e. The van der Waals surface area contributed by atoms with E-state index in [1.165, 1.54) is 33.4 Å². The van der Waals surface area contributed by atoms with Gasteiger partial charge in [0, 0.05) is 16.8 Å². The molecule has 3 heteroatoms. The first-order valence-electron chi connectivity index (χ1n) is 22.7. The molecule has 3 nitrogen and oxygen atoms in total. The number of rotatable bonds is 8. The minimum absolute atomic E-state index is 0.590. The summed E-state index contributed by atoms with van der Waals surface area (Å²) in [7, 11) is 0. The SMILES string of the molecule is [C-]#[N+]c1ccc(C2(c3ccc([N+]#[C-])cc3)c3ccccc3-c3c(N(c4ccc5c(c4)C(c4ccccc4)(c4ccccc4)c4ccccc4-5)c4ccccc4-c4ccccc4)cccc32)cc1. The monoisotopic (exact) mass is 851 g/mol. The Hall–Kier alpha value is -9.02. The second kappa shape index (κ2) is 15.9. The zero-order valence-electron chi connectivity index (χ0n) is 36.5. The second-order valence-electron chi connectivity index (χ2n) is 17.3. The topological polar surface area (TPSA) is 12.0 Å². The molecule has 10 aromatic carbocycles. The lowest BCUT2D eigenvalue weighted by molar-refractivity contribution is 0.768. The lowest BCUT2D eigenvalue weighted by atomic mass is 9.67. The van der Waals surface area contributed by atoms with E-state index in [9.17, 15) is 0 Å². The summed E-state index contributed by atoms with van der Waals surface area (Å²) in [5, 5.41) is 0. The average Bonchev–Trinajstić information content (AvgIpc) is 3.88. The van der Waals surface area contributed by atoms with E-state index in [2.05, 4.69) is 239 Å². The van der Waals surface area contributed by atoms with Crippen molar-refractivity contribution in [3.8, 4) is 33.4 Å². The molecule has 0 amide bonds. The molecule has 67 heavy (non-hydrogen) atoms. The van der Waals surface area contributed by atoms with Gasteiger partial charge in [0.25, 0.3) is 0 Å². The van der Waals surface area contributed by atoms with E-state index in [0.29, 0.717) is 11.4 Å². The van der Waals surface area contributed by atoms with Gasteiger partial charge < -0.3 is 4.90 Å². The van der Waals surface area contributed by atoms with Crippen molar-refractivity contribution in [3.63, 3.8) is 0 Å². The minimum atomic E-state index is -0.761. The Balaban J connectivity index is 1.19. The number of hydrogen-bond donors (Lipinski definition) is 0. The fraction of sp³-hybridized carbons (Fsp3) is 0.0312. The molecule has 2 aliphatic rings. The Morgan fingerprint density at radius 1 is 0.313 bits per heavy atom. The van der Waals surface area contributed by atoms with Gasteiger partial charge in [-0.25, -0.2) is 9.69 Å². The summed E-state index contributed by atoms with van der Waals surface area (Å²) in [6.07, 6.45) is 0. The maximum atomic E-state index is 7.83. The Labute approximate surface area is 391 Å². The summed E-state index contributed by atoms with van der Waals surface area (Å²) in [6.45, 7) is 15.7. The molecule has 0 unspecified atom stereocenters. The van der Waals surface area contributed by atoms with Crippen LogP contribution in [-0.4, -0.2) is 0 Å². The van der Waals surface area contributed by atoms with Crippen LogP contribution in [0, 0.1) is 13.1 Å². The van der Waals surface area contributed by atoms with Gasteiger partial charge in [-0.1, -0.05) is 224 Å². The molecular weight excluding hydrogens is 811 g/mol. The van der Waals surface area contributed by atoms with Crippen molar-refractivity contribution in [3.05, 3.63) is 316 Å². The van der Waals surface area contributed by atoms with Crippen LogP contribution in [0.5, 0.6) is 0 Å². The van der Waals surface area contributed by atoms with Crippen LogP contribution in [0.25, 0.3) is 43.1 Å². The van der Waals surface area contributed by atoms with Crippen LogP contribution in [0.2, 0.25) is 0 Å². The molecule has 12 rings (SSSR count). The van der Waals surface area contributed by atoms with Crippen molar-refractivity contribution in [2.24, 2.45) is 0 Å². The quantitative estimate of drug-likeness (QED) is 0.139. The number of nitrogens with zero attached hydrogens (tertiary/aromatic N) is 3. The van der Waals surface area contributed by atoms with Gasteiger partial charge in [0.2, 0.25) is 0 Å². The Kier molecular flexibility index (Phi) is 9.39. The molecule has 0 spiro atoms. The summed E-state index contributed by atoms with van der Waals surface area (Å²) in [5.41, 5.74) is 19.3. The summed E-state index contributed by atoms with van der Waals surface area (Å²) in [5.74, 6) is 0. The van der Waals surface area contributed by atoms with Crippen LogP contribution in [0.4, 0.5) is 28.4 Å². The van der Waals surface area contributed by atoms with Crippen molar-refractivity contribution in [1.29, 1.82) is 0 Å². The third kappa shape index (κ3) is 5.89. The van der Waals surface area contributed by atoms with Crippen LogP contribution in [0.15, 0.2) is 249 Å². The number of fused-ring (bicyclic) bond motifs is 6. The summed E-state index contributed by atoms with van der Waals surface area (Å²) in [4.78, 5) is 10.0. The highest BCUT2D eigenvalue weighted by atomic mass is 15.1. The maximum absolute atomic E-state index is 7.83. The standard InChI is InChI=1S/C64H41N3/c1-65-49-37-33-47(34-38-49)63(48-35-39-50(66-2)40-36-48)57-29-16-13-27-55(57)62-58(63)30-18-32-61(62)67(60-31-17-14-25-52(60)44-19-6-3-7-20-44)51-41-42-54-53-26-12-15-28-56(53)64(59(54)43-51,45-21-8-4-9-22-45)46-23-10-5-11-24-46/h3-43H. The van der Waals surface area contributed by atoms with E-state index in [0.717, 1.165) is 61.6 Å². The number of anilines is 3. The van der Waals surface area contributed by atoms with Crippen LogP contribution in [0.3, 0.4) is 0 Å². The molecule has 2 aliphatic carbocycles. The van der Waals surface area contributed by atoms with Crippen LogP contribution >= 0.6 is 0 Å². The van der Waals surface area contributed by atoms with E-state index < -0.39 is 10.8 Å². The first-order chi connectivity index (χ1) is 33.2. The Bertz CT molecular complexity index is 3480. The lowest BCUT2D eigenvalue weighted by Gasteiger charge is -2.36. The van der Waals surface area contributed by atoms with E-state index in [4.69, 9.17) is 13.1 Å². The lowest BCUT2D eigenvalue weighted by Crippen LogP contribution is -2.29. The van der Waals surface area contributed by atoms with Gasteiger partial charge in [-0.05, 0) is 91.0 Å². The van der Waals surface area contributed by atoms with Gasteiger partial charge in [-0.15, -0.1) is 0 Å². The molecule has 0 fully saturated rings. The van der Waals surface area contributed by atoms with E-state index in [1.807, 2.05) is 24.3 Å². The van der Waals surface area contributed by atoms with E-state index in [1.54, 1.807) is 0 Å². The predicted octanol–water partition coefficient (Wildman–Crippen LogP) is 16.7. The van der Waals surface area contributed by atoms with Gasteiger partial charge in [0.1, 0.15) is 0 Å².